The zero-order valence-corrected chi connectivity index (χ0v) is 11.9. The molecule has 6 heteroatoms. The molecule has 1 N–H and O–H groups in total. The summed E-state index contributed by atoms with van der Waals surface area (Å²) in [5.41, 5.74) is 0.793. The molecule has 0 spiro atoms. The minimum atomic E-state index is -0.0350. The fourth-order valence-corrected chi connectivity index (χ4v) is 2.15. The van der Waals surface area contributed by atoms with E-state index >= 15 is 0 Å². The maximum atomic E-state index is 9.36. The van der Waals surface area contributed by atoms with Crippen molar-refractivity contribution in [2.45, 2.75) is 13.2 Å². The van der Waals surface area contributed by atoms with Gasteiger partial charge in [0.1, 0.15) is 11.6 Å². The Morgan fingerprint density at radius 3 is 2.83 bits per heavy atom. The van der Waals surface area contributed by atoms with Gasteiger partial charge in [-0.1, -0.05) is 0 Å². The Labute approximate surface area is 114 Å². The van der Waals surface area contributed by atoms with Gasteiger partial charge in [0.15, 0.2) is 0 Å². The molecule has 0 bridgehead atoms. The number of rotatable bonds is 4. The van der Waals surface area contributed by atoms with Gasteiger partial charge in [-0.3, -0.25) is 0 Å². The van der Waals surface area contributed by atoms with E-state index in [2.05, 4.69) is 25.9 Å². The van der Waals surface area contributed by atoms with E-state index in [1.807, 2.05) is 35.8 Å². The van der Waals surface area contributed by atoms with Crippen LogP contribution in [0.15, 0.2) is 29.1 Å². The minimum Gasteiger partial charge on any atom is -0.392 e. The fraction of sp³-hybridized carbons (Fsp3) is 0.333. The quantitative estimate of drug-likeness (QED) is 0.934. The highest BCUT2D eigenvalue weighted by Gasteiger charge is 2.11. The van der Waals surface area contributed by atoms with Crippen LogP contribution in [-0.2, 0) is 20.2 Å². The highest BCUT2D eigenvalue weighted by Crippen LogP contribution is 2.21. The first-order valence-corrected chi connectivity index (χ1v) is 6.33. The molecular weight excluding hydrogens is 296 g/mol. The Morgan fingerprint density at radius 2 is 2.22 bits per heavy atom. The molecule has 2 rings (SSSR count). The number of hydrogen-bond donors (Lipinski definition) is 1. The summed E-state index contributed by atoms with van der Waals surface area (Å²) in [6.07, 6.45) is 5.40. The summed E-state index contributed by atoms with van der Waals surface area (Å²) in [4.78, 5) is 10.6. The van der Waals surface area contributed by atoms with Crippen LogP contribution in [-0.4, -0.2) is 26.7 Å². The van der Waals surface area contributed by atoms with Crippen LogP contribution in [0.1, 0.15) is 11.4 Å². The van der Waals surface area contributed by atoms with Crippen molar-refractivity contribution in [2.75, 3.05) is 11.9 Å². The van der Waals surface area contributed by atoms with Gasteiger partial charge < -0.3 is 14.6 Å². The van der Waals surface area contributed by atoms with E-state index in [0.29, 0.717) is 6.54 Å². The zero-order chi connectivity index (χ0) is 13.1. The molecule has 2 heterocycles. The molecule has 0 fully saturated rings. The maximum Gasteiger partial charge on any atom is 0.134 e. The van der Waals surface area contributed by atoms with E-state index in [1.165, 1.54) is 0 Å². The number of aliphatic hydroxyl groups is 1. The molecule has 0 saturated carbocycles. The van der Waals surface area contributed by atoms with Gasteiger partial charge in [0.25, 0.3) is 0 Å². The molecule has 2 aromatic heterocycles. The van der Waals surface area contributed by atoms with E-state index in [9.17, 15) is 5.11 Å². The lowest BCUT2D eigenvalue weighted by Gasteiger charge is -2.20. The summed E-state index contributed by atoms with van der Waals surface area (Å²) in [7, 11) is 3.89. The molecule has 0 aliphatic carbocycles. The number of halogens is 1. The van der Waals surface area contributed by atoms with Crippen molar-refractivity contribution in [1.82, 2.24) is 14.5 Å². The summed E-state index contributed by atoms with van der Waals surface area (Å²) in [5, 5.41) is 9.36. The smallest absolute Gasteiger partial charge is 0.134 e. The molecule has 0 unspecified atom stereocenters. The molecule has 0 radical (unpaired) electrons. The molecule has 96 valence electrons. The van der Waals surface area contributed by atoms with Crippen molar-refractivity contribution in [2.24, 2.45) is 7.05 Å². The maximum absolute atomic E-state index is 9.36. The van der Waals surface area contributed by atoms with E-state index in [4.69, 9.17) is 0 Å². The lowest BCUT2D eigenvalue weighted by Crippen LogP contribution is -2.21. The van der Waals surface area contributed by atoms with Crippen LogP contribution >= 0.6 is 15.9 Å². The number of aromatic nitrogens is 3. The van der Waals surface area contributed by atoms with E-state index in [-0.39, 0.29) is 6.61 Å². The number of imidazole rings is 1. The number of aliphatic hydroxyl groups excluding tert-OH is 1. The second kappa shape index (κ2) is 5.49. The summed E-state index contributed by atoms with van der Waals surface area (Å²) < 4.78 is 2.83. The standard InChI is InChI=1S/C12H15BrN4O/c1-16-4-3-14-11(16)7-17(2)12-9(8-18)5-10(13)6-15-12/h3-6,18H,7-8H2,1-2H3. The largest absolute Gasteiger partial charge is 0.392 e. The van der Waals surface area contributed by atoms with Crippen LogP contribution in [0, 0.1) is 0 Å². The van der Waals surface area contributed by atoms with Gasteiger partial charge in [-0.25, -0.2) is 9.97 Å². The first-order valence-electron chi connectivity index (χ1n) is 5.54. The van der Waals surface area contributed by atoms with Gasteiger partial charge in [0.2, 0.25) is 0 Å². The fourth-order valence-electron chi connectivity index (χ4n) is 1.77. The van der Waals surface area contributed by atoms with Crippen LogP contribution in [0.3, 0.4) is 0 Å². The van der Waals surface area contributed by atoms with Crippen molar-refractivity contribution < 1.29 is 5.11 Å². The average molecular weight is 311 g/mol. The van der Waals surface area contributed by atoms with Gasteiger partial charge in [0, 0.05) is 42.7 Å². The van der Waals surface area contributed by atoms with Gasteiger partial charge in [0.05, 0.1) is 13.2 Å². The molecule has 0 aliphatic heterocycles. The van der Waals surface area contributed by atoms with Gasteiger partial charge in [-0.05, 0) is 22.0 Å². The second-order valence-corrected chi connectivity index (χ2v) is 5.02. The average Bonchev–Trinajstić information content (AvgIpc) is 2.74. The molecule has 0 amide bonds. The van der Waals surface area contributed by atoms with Gasteiger partial charge in [-0.15, -0.1) is 0 Å². The number of anilines is 1. The van der Waals surface area contributed by atoms with E-state index < -0.39 is 0 Å². The summed E-state index contributed by atoms with van der Waals surface area (Å²) in [6, 6.07) is 1.87. The lowest BCUT2D eigenvalue weighted by atomic mass is 10.2. The van der Waals surface area contributed by atoms with Gasteiger partial charge >= 0.3 is 0 Å². The van der Waals surface area contributed by atoms with Crippen molar-refractivity contribution in [3.63, 3.8) is 0 Å². The number of hydrogen-bond acceptors (Lipinski definition) is 4. The van der Waals surface area contributed by atoms with Crippen molar-refractivity contribution in [3.8, 4) is 0 Å². The van der Waals surface area contributed by atoms with Crippen LogP contribution < -0.4 is 4.90 Å². The van der Waals surface area contributed by atoms with Crippen LogP contribution in [0.25, 0.3) is 0 Å². The third kappa shape index (κ3) is 2.70. The van der Waals surface area contributed by atoms with Crippen molar-refractivity contribution in [3.05, 3.63) is 40.5 Å². The summed E-state index contributed by atoms with van der Waals surface area (Å²) in [5.74, 6) is 1.72. The molecule has 2 aromatic rings. The second-order valence-electron chi connectivity index (χ2n) is 4.10. The number of aryl methyl sites for hydroxylation is 1. The van der Waals surface area contributed by atoms with Crippen molar-refractivity contribution >= 4 is 21.7 Å². The van der Waals surface area contributed by atoms with E-state index in [1.54, 1.807) is 12.4 Å². The molecule has 0 aliphatic rings. The van der Waals surface area contributed by atoms with Crippen LogP contribution in [0.5, 0.6) is 0 Å². The first-order chi connectivity index (χ1) is 8.61. The Bertz CT molecular complexity index is 541. The molecule has 5 nitrogen and oxygen atoms in total. The predicted molar refractivity (Wildman–Crippen MR) is 73.2 cm³/mol. The highest BCUT2D eigenvalue weighted by atomic mass is 79.9. The Kier molecular flexibility index (Phi) is 3.98. The molecular formula is C12H15BrN4O. The summed E-state index contributed by atoms with van der Waals surface area (Å²) >= 11 is 3.35. The topological polar surface area (TPSA) is 54.2 Å². The first kappa shape index (κ1) is 13.0. The zero-order valence-electron chi connectivity index (χ0n) is 10.3. The normalized spacial score (nSPS) is 10.7. The Hall–Kier alpha value is -1.40. The molecule has 0 aromatic carbocycles. The Balaban J connectivity index is 2.23. The van der Waals surface area contributed by atoms with Crippen LogP contribution in [0.2, 0.25) is 0 Å². The van der Waals surface area contributed by atoms with Crippen molar-refractivity contribution in [1.29, 1.82) is 0 Å². The van der Waals surface area contributed by atoms with Crippen LogP contribution in [0.4, 0.5) is 5.82 Å². The minimum absolute atomic E-state index is 0.0350. The van der Waals surface area contributed by atoms with Gasteiger partial charge in [-0.2, -0.15) is 0 Å². The highest BCUT2D eigenvalue weighted by molar-refractivity contribution is 9.10. The SMILES string of the molecule is CN(Cc1nccn1C)c1ncc(Br)cc1CO. The Morgan fingerprint density at radius 1 is 1.44 bits per heavy atom. The number of nitrogens with zero attached hydrogens (tertiary/aromatic N) is 4. The number of pyridine rings is 1. The van der Waals surface area contributed by atoms with E-state index in [0.717, 1.165) is 21.7 Å². The third-order valence-corrected chi connectivity index (χ3v) is 3.17. The molecule has 0 saturated heterocycles. The third-order valence-electron chi connectivity index (χ3n) is 2.74. The monoisotopic (exact) mass is 310 g/mol. The lowest BCUT2D eigenvalue weighted by molar-refractivity contribution is 0.281. The predicted octanol–water partition coefficient (Wildman–Crippen LogP) is 1.71. The summed E-state index contributed by atoms with van der Waals surface area (Å²) in [6.45, 7) is 0.609. The molecule has 0 atom stereocenters. The molecule has 18 heavy (non-hydrogen) atoms.